The van der Waals surface area contributed by atoms with Crippen molar-refractivity contribution in [2.75, 3.05) is 18.9 Å². The van der Waals surface area contributed by atoms with E-state index in [2.05, 4.69) is 14.7 Å². The molecular formula is C6H12N3O4P. The minimum atomic E-state index is -3.45. The van der Waals surface area contributed by atoms with Gasteiger partial charge < -0.3 is 19.3 Å². The average Bonchev–Trinajstić information content (AvgIpc) is 2.53. The van der Waals surface area contributed by atoms with Gasteiger partial charge in [-0.25, -0.2) is 0 Å². The summed E-state index contributed by atoms with van der Waals surface area (Å²) in [6.45, 7) is 3.83. The van der Waals surface area contributed by atoms with Crippen LogP contribution in [-0.2, 0) is 13.6 Å². The molecule has 0 unspecified atom stereocenters. The van der Waals surface area contributed by atoms with E-state index in [9.17, 15) is 4.57 Å². The van der Waals surface area contributed by atoms with Crippen molar-refractivity contribution < 1.29 is 18.1 Å². The summed E-state index contributed by atoms with van der Waals surface area (Å²) in [5, 5.41) is 3.40. The van der Waals surface area contributed by atoms with E-state index in [0.29, 0.717) is 0 Å². The molecule has 0 atom stereocenters. The third kappa shape index (κ3) is 2.31. The Bertz CT molecular complexity index is 330. The highest BCUT2D eigenvalue weighted by Gasteiger charge is 2.32. The van der Waals surface area contributed by atoms with Crippen LogP contribution in [-0.4, -0.2) is 23.4 Å². The van der Waals surface area contributed by atoms with E-state index in [1.165, 1.54) is 0 Å². The summed E-state index contributed by atoms with van der Waals surface area (Å²) < 4.78 is 26.4. The summed E-state index contributed by atoms with van der Waals surface area (Å²) in [5.41, 5.74) is 5.06. The van der Waals surface area contributed by atoms with Crippen molar-refractivity contribution in [3.8, 4) is 0 Å². The van der Waals surface area contributed by atoms with Crippen LogP contribution >= 0.6 is 7.60 Å². The number of nitrogens with two attached hydrogens (primary N) is 1. The normalized spacial score (nSPS) is 11.9. The third-order valence-corrected chi connectivity index (χ3v) is 3.14. The highest BCUT2D eigenvalue weighted by molar-refractivity contribution is 7.61. The zero-order valence-electron chi connectivity index (χ0n) is 7.97. The van der Waals surface area contributed by atoms with Gasteiger partial charge in [-0.2, -0.15) is 4.98 Å². The summed E-state index contributed by atoms with van der Waals surface area (Å²) in [4.78, 5) is 3.61. The van der Waals surface area contributed by atoms with Crippen LogP contribution in [0.25, 0.3) is 0 Å². The average molecular weight is 221 g/mol. The Hall–Kier alpha value is -0.910. The molecule has 0 amide bonds. The lowest BCUT2D eigenvalue weighted by atomic mass is 10.9. The summed E-state index contributed by atoms with van der Waals surface area (Å²) >= 11 is 0. The first-order valence-corrected chi connectivity index (χ1v) is 5.65. The molecule has 0 saturated carbocycles. The largest absolute Gasteiger partial charge is 0.402 e. The fraction of sp³-hybridized carbons (Fsp3) is 0.667. The lowest BCUT2D eigenvalue weighted by Crippen LogP contribution is -2.14. The van der Waals surface area contributed by atoms with E-state index in [1.54, 1.807) is 13.8 Å². The Morgan fingerprint density at radius 2 is 2.00 bits per heavy atom. The highest BCUT2D eigenvalue weighted by Crippen LogP contribution is 2.45. The fourth-order valence-electron chi connectivity index (χ4n) is 0.831. The number of hydrogen-bond acceptors (Lipinski definition) is 7. The van der Waals surface area contributed by atoms with Gasteiger partial charge in [0.15, 0.2) is 0 Å². The van der Waals surface area contributed by atoms with Crippen molar-refractivity contribution in [3.05, 3.63) is 0 Å². The molecule has 14 heavy (non-hydrogen) atoms. The van der Waals surface area contributed by atoms with Gasteiger partial charge in [0, 0.05) is 0 Å². The molecule has 0 radical (unpaired) electrons. The van der Waals surface area contributed by atoms with E-state index < -0.39 is 7.60 Å². The minimum absolute atomic E-state index is 0.140. The van der Waals surface area contributed by atoms with Crippen molar-refractivity contribution in [2.45, 2.75) is 13.8 Å². The molecule has 1 aromatic rings. The van der Waals surface area contributed by atoms with Crippen molar-refractivity contribution in [3.63, 3.8) is 0 Å². The molecule has 7 nitrogen and oxygen atoms in total. The van der Waals surface area contributed by atoms with E-state index >= 15 is 0 Å². The van der Waals surface area contributed by atoms with Crippen LogP contribution in [0.2, 0.25) is 0 Å². The molecule has 0 aliphatic rings. The van der Waals surface area contributed by atoms with Gasteiger partial charge in [-0.05, 0) is 19.0 Å². The Labute approximate surface area is 81.1 Å². The number of aromatic nitrogens is 2. The van der Waals surface area contributed by atoms with Crippen molar-refractivity contribution >= 4 is 19.2 Å². The van der Waals surface area contributed by atoms with Gasteiger partial charge in [0.2, 0.25) is 0 Å². The number of hydrogen-bond donors (Lipinski definition) is 1. The summed E-state index contributed by atoms with van der Waals surface area (Å²) in [7, 11) is -3.45. The van der Waals surface area contributed by atoms with Gasteiger partial charge in [-0.1, -0.05) is 0 Å². The third-order valence-electron chi connectivity index (χ3n) is 1.27. The van der Waals surface area contributed by atoms with Crippen LogP contribution in [0.4, 0.5) is 6.01 Å². The van der Waals surface area contributed by atoms with Crippen LogP contribution in [0.3, 0.4) is 0 Å². The summed E-state index contributed by atoms with van der Waals surface area (Å²) in [6.07, 6.45) is 0. The zero-order chi connectivity index (χ0) is 10.6. The number of anilines is 1. The maximum Gasteiger partial charge on any atom is 0.402 e. The smallest absolute Gasteiger partial charge is 0.351 e. The Morgan fingerprint density at radius 1 is 1.43 bits per heavy atom. The van der Waals surface area contributed by atoms with E-state index in [-0.39, 0.29) is 24.8 Å². The van der Waals surface area contributed by atoms with Crippen LogP contribution in [0.15, 0.2) is 4.52 Å². The second-order valence-corrected chi connectivity index (χ2v) is 4.18. The first-order chi connectivity index (χ1) is 6.62. The number of nitrogen functional groups attached to an aromatic ring is 1. The van der Waals surface area contributed by atoms with Crippen LogP contribution in [0.5, 0.6) is 0 Å². The fourth-order valence-corrected chi connectivity index (χ4v) is 2.18. The van der Waals surface area contributed by atoms with Gasteiger partial charge in [-0.3, -0.25) is 4.57 Å². The van der Waals surface area contributed by atoms with Crippen molar-refractivity contribution in [1.29, 1.82) is 0 Å². The SMILES string of the molecule is CCOP(=O)(OCC)c1noc(N)n1. The molecule has 1 heterocycles. The topological polar surface area (TPSA) is 100 Å². The molecule has 0 saturated heterocycles. The molecule has 0 spiro atoms. The molecule has 0 aliphatic carbocycles. The van der Waals surface area contributed by atoms with Crippen molar-refractivity contribution in [1.82, 2.24) is 10.1 Å². The monoisotopic (exact) mass is 221 g/mol. The van der Waals surface area contributed by atoms with Crippen LogP contribution in [0, 0.1) is 0 Å². The lowest BCUT2D eigenvalue weighted by molar-refractivity contribution is 0.227. The number of nitrogens with zero attached hydrogens (tertiary/aromatic N) is 2. The predicted octanol–water partition coefficient (Wildman–Crippen LogP) is 0.543. The lowest BCUT2D eigenvalue weighted by Gasteiger charge is -2.11. The molecule has 8 heteroatoms. The molecule has 0 aliphatic heterocycles. The van der Waals surface area contributed by atoms with Gasteiger partial charge >= 0.3 is 13.6 Å². The highest BCUT2D eigenvalue weighted by atomic mass is 31.2. The Balaban J connectivity index is 2.93. The van der Waals surface area contributed by atoms with E-state index in [1.807, 2.05) is 0 Å². The van der Waals surface area contributed by atoms with Crippen LogP contribution in [0.1, 0.15) is 13.8 Å². The maximum absolute atomic E-state index is 11.9. The van der Waals surface area contributed by atoms with Gasteiger partial charge in [0.1, 0.15) is 0 Å². The Morgan fingerprint density at radius 3 is 2.36 bits per heavy atom. The Kier molecular flexibility index (Phi) is 3.62. The second-order valence-electron chi connectivity index (χ2n) is 2.27. The van der Waals surface area contributed by atoms with Gasteiger partial charge in [0.25, 0.3) is 5.57 Å². The maximum atomic E-state index is 11.9. The molecule has 0 bridgehead atoms. The quantitative estimate of drug-likeness (QED) is 0.724. The predicted molar refractivity (Wildman–Crippen MR) is 49.2 cm³/mol. The van der Waals surface area contributed by atoms with E-state index in [0.717, 1.165) is 0 Å². The van der Waals surface area contributed by atoms with Gasteiger partial charge in [0.05, 0.1) is 13.2 Å². The first kappa shape index (κ1) is 11.2. The molecule has 0 aromatic carbocycles. The molecule has 1 aromatic heterocycles. The van der Waals surface area contributed by atoms with Gasteiger partial charge in [-0.15, -0.1) is 0 Å². The molecule has 80 valence electrons. The van der Waals surface area contributed by atoms with Crippen LogP contribution < -0.4 is 11.3 Å². The summed E-state index contributed by atoms with van der Waals surface area (Å²) in [6, 6.07) is -0.167. The molecule has 0 fully saturated rings. The first-order valence-electron chi connectivity index (χ1n) is 4.11. The summed E-state index contributed by atoms with van der Waals surface area (Å²) in [5.74, 6) is 0. The standard InChI is InChI=1S/C6H12N3O4P/c1-3-11-14(10,12-4-2)6-8-5(7)13-9-6/h3-4H2,1-2H3,(H2,7,8,9). The molecular weight excluding hydrogens is 209 g/mol. The minimum Gasteiger partial charge on any atom is -0.351 e. The molecule has 2 N–H and O–H groups in total. The van der Waals surface area contributed by atoms with Crippen molar-refractivity contribution in [2.24, 2.45) is 0 Å². The second kappa shape index (κ2) is 4.54. The van der Waals surface area contributed by atoms with E-state index in [4.69, 9.17) is 14.8 Å². The molecule has 1 rings (SSSR count). The number of rotatable bonds is 5. The zero-order valence-corrected chi connectivity index (χ0v) is 8.86.